The van der Waals surface area contributed by atoms with Crippen LogP contribution in [-0.4, -0.2) is 14.5 Å². The molecule has 0 saturated heterocycles. The Kier molecular flexibility index (Phi) is 4.57. The van der Waals surface area contributed by atoms with Gasteiger partial charge in [-0.05, 0) is 42.0 Å². The molecule has 2 aromatic carbocycles. The molecule has 4 aromatic rings. The third-order valence-corrected chi connectivity index (χ3v) is 5.07. The highest BCUT2D eigenvalue weighted by Gasteiger charge is 2.17. The van der Waals surface area contributed by atoms with Gasteiger partial charge in [0, 0.05) is 12.7 Å². The molecule has 2 heterocycles. The molecule has 4 rings (SSSR count). The van der Waals surface area contributed by atoms with E-state index in [1.807, 2.05) is 10.6 Å². The zero-order valence-electron chi connectivity index (χ0n) is 13.3. The van der Waals surface area contributed by atoms with Gasteiger partial charge in [0.2, 0.25) is 0 Å². The van der Waals surface area contributed by atoms with Crippen molar-refractivity contribution < 1.29 is 4.39 Å². The summed E-state index contributed by atoms with van der Waals surface area (Å²) >= 11 is 18.6. The van der Waals surface area contributed by atoms with E-state index in [-0.39, 0.29) is 5.82 Å². The van der Waals surface area contributed by atoms with Crippen LogP contribution in [0.2, 0.25) is 15.2 Å². The van der Waals surface area contributed by atoms with E-state index in [0.717, 1.165) is 11.1 Å². The van der Waals surface area contributed by atoms with E-state index in [0.29, 0.717) is 38.6 Å². The SMILES string of the molecule is Fc1ccc(Cn2c(-c3cccnc3Cl)nc3cc(Cl)c(Cl)cc32)cc1. The summed E-state index contributed by atoms with van der Waals surface area (Å²) in [4.78, 5) is 8.81. The number of aromatic nitrogens is 3. The third kappa shape index (κ3) is 3.16. The summed E-state index contributed by atoms with van der Waals surface area (Å²) in [6.07, 6.45) is 1.62. The van der Waals surface area contributed by atoms with Crippen molar-refractivity contribution in [1.29, 1.82) is 0 Å². The fourth-order valence-corrected chi connectivity index (χ4v) is 3.33. The molecule has 0 unspecified atom stereocenters. The van der Waals surface area contributed by atoms with Crippen LogP contribution in [-0.2, 0) is 6.54 Å². The summed E-state index contributed by atoms with van der Waals surface area (Å²) in [6.45, 7) is 0.468. The predicted molar refractivity (Wildman–Crippen MR) is 103 cm³/mol. The first-order chi connectivity index (χ1) is 12.5. The van der Waals surface area contributed by atoms with Crippen LogP contribution < -0.4 is 0 Å². The van der Waals surface area contributed by atoms with E-state index >= 15 is 0 Å². The summed E-state index contributed by atoms with van der Waals surface area (Å²) in [6, 6.07) is 13.4. The monoisotopic (exact) mass is 405 g/mol. The lowest BCUT2D eigenvalue weighted by atomic mass is 10.2. The minimum absolute atomic E-state index is 0.283. The Morgan fingerprint density at radius 2 is 1.69 bits per heavy atom. The third-order valence-electron chi connectivity index (χ3n) is 4.04. The minimum atomic E-state index is -0.283. The summed E-state index contributed by atoms with van der Waals surface area (Å²) < 4.78 is 15.2. The second-order valence-corrected chi connectivity index (χ2v) is 6.92. The molecule has 26 heavy (non-hydrogen) atoms. The van der Waals surface area contributed by atoms with Crippen LogP contribution >= 0.6 is 34.8 Å². The van der Waals surface area contributed by atoms with Gasteiger partial charge >= 0.3 is 0 Å². The molecule has 7 heteroatoms. The number of rotatable bonds is 3. The van der Waals surface area contributed by atoms with Crippen molar-refractivity contribution in [3.63, 3.8) is 0 Å². The Labute approximate surface area is 164 Å². The van der Waals surface area contributed by atoms with Crippen molar-refractivity contribution >= 4 is 45.8 Å². The average Bonchev–Trinajstić information content (AvgIpc) is 2.95. The highest BCUT2D eigenvalue weighted by molar-refractivity contribution is 6.42. The number of fused-ring (bicyclic) bond motifs is 1. The summed E-state index contributed by atoms with van der Waals surface area (Å²) in [5.41, 5.74) is 3.10. The Bertz CT molecular complexity index is 1110. The van der Waals surface area contributed by atoms with Gasteiger partial charge in [-0.3, -0.25) is 0 Å². The standard InChI is InChI=1S/C19H11Cl3FN3/c20-14-8-16-17(9-15(14)21)26(10-11-3-5-12(23)6-4-11)19(25-16)13-2-1-7-24-18(13)22/h1-9H,10H2. The van der Waals surface area contributed by atoms with Crippen LogP contribution in [0.25, 0.3) is 22.4 Å². The average molecular weight is 407 g/mol. The first-order valence-electron chi connectivity index (χ1n) is 7.73. The molecule has 2 aromatic heterocycles. The number of hydrogen-bond donors (Lipinski definition) is 0. The van der Waals surface area contributed by atoms with E-state index in [2.05, 4.69) is 9.97 Å². The molecular formula is C19H11Cl3FN3. The van der Waals surface area contributed by atoms with Crippen molar-refractivity contribution in [2.24, 2.45) is 0 Å². The number of pyridine rings is 1. The molecule has 3 nitrogen and oxygen atoms in total. The van der Waals surface area contributed by atoms with E-state index in [4.69, 9.17) is 34.8 Å². The van der Waals surface area contributed by atoms with Gasteiger partial charge in [0.15, 0.2) is 0 Å². The van der Waals surface area contributed by atoms with Crippen LogP contribution in [0.5, 0.6) is 0 Å². The van der Waals surface area contributed by atoms with E-state index in [1.165, 1.54) is 12.1 Å². The highest BCUT2D eigenvalue weighted by atomic mass is 35.5. The van der Waals surface area contributed by atoms with Crippen molar-refractivity contribution in [3.05, 3.63) is 81.3 Å². The summed E-state index contributed by atoms with van der Waals surface area (Å²) in [5.74, 6) is 0.357. The normalized spacial score (nSPS) is 11.2. The summed E-state index contributed by atoms with van der Waals surface area (Å²) in [7, 11) is 0. The van der Waals surface area contributed by atoms with Crippen LogP contribution in [0.1, 0.15) is 5.56 Å². The van der Waals surface area contributed by atoms with Crippen LogP contribution in [0.4, 0.5) is 4.39 Å². The van der Waals surface area contributed by atoms with Gasteiger partial charge in [0.25, 0.3) is 0 Å². The van der Waals surface area contributed by atoms with Gasteiger partial charge in [-0.1, -0.05) is 46.9 Å². The largest absolute Gasteiger partial charge is 0.319 e. The maximum Gasteiger partial charge on any atom is 0.144 e. The molecule has 0 N–H and O–H groups in total. The van der Waals surface area contributed by atoms with Crippen molar-refractivity contribution in [3.8, 4) is 11.4 Å². The minimum Gasteiger partial charge on any atom is -0.319 e. The van der Waals surface area contributed by atoms with E-state index in [9.17, 15) is 4.39 Å². The molecule has 0 saturated carbocycles. The molecule has 130 valence electrons. The predicted octanol–water partition coefficient (Wildman–Crippen LogP) is 6.25. The maximum atomic E-state index is 13.2. The van der Waals surface area contributed by atoms with Gasteiger partial charge in [0.1, 0.15) is 16.8 Å². The number of hydrogen-bond acceptors (Lipinski definition) is 2. The lowest BCUT2D eigenvalue weighted by Crippen LogP contribution is -2.03. The number of imidazole rings is 1. The Balaban J connectivity index is 1.95. The number of nitrogens with zero attached hydrogens (tertiary/aromatic N) is 3. The zero-order chi connectivity index (χ0) is 18.3. The molecule has 0 fully saturated rings. The Morgan fingerprint density at radius 1 is 0.962 bits per heavy atom. The molecule has 0 aliphatic rings. The molecule has 0 bridgehead atoms. The lowest BCUT2D eigenvalue weighted by molar-refractivity contribution is 0.626. The van der Waals surface area contributed by atoms with Crippen LogP contribution in [0.15, 0.2) is 54.7 Å². The van der Waals surface area contributed by atoms with Gasteiger partial charge in [-0.25, -0.2) is 14.4 Å². The first-order valence-corrected chi connectivity index (χ1v) is 8.87. The Morgan fingerprint density at radius 3 is 2.42 bits per heavy atom. The number of halogens is 4. The second-order valence-electron chi connectivity index (χ2n) is 5.74. The van der Waals surface area contributed by atoms with Gasteiger partial charge in [-0.2, -0.15) is 0 Å². The molecule has 0 spiro atoms. The number of benzene rings is 2. The van der Waals surface area contributed by atoms with Crippen LogP contribution in [0, 0.1) is 5.82 Å². The highest BCUT2D eigenvalue weighted by Crippen LogP contribution is 2.33. The smallest absolute Gasteiger partial charge is 0.144 e. The van der Waals surface area contributed by atoms with Gasteiger partial charge in [0.05, 0.1) is 26.6 Å². The topological polar surface area (TPSA) is 30.7 Å². The molecule has 0 radical (unpaired) electrons. The van der Waals surface area contributed by atoms with Crippen molar-refractivity contribution in [2.75, 3.05) is 0 Å². The molecular weight excluding hydrogens is 396 g/mol. The van der Waals surface area contributed by atoms with Crippen molar-refractivity contribution in [1.82, 2.24) is 14.5 Å². The fourth-order valence-electron chi connectivity index (χ4n) is 2.81. The zero-order valence-corrected chi connectivity index (χ0v) is 15.5. The van der Waals surface area contributed by atoms with Crippen molar-refractivity contribution in [2.45, 2.75) is 6.54 Å². The molecule has 0 aliphatic carbocycles. The van der Waals surface area contributed by atoms with E-state index < -0.39 is 0 Å². The second kappa shape index (κ2) is 6.88. The van der Waals surface area contributed by atoms with Gasteiger partial charge < -0.3 is 4.57 Å². The van der Waals surface area contributed by atoms with Crippen LogP contribution in [0.3, 0.4) is 0 Å². The molecule has 0 atom stereocenters. The quantitative estimate of drug-likeness (QED) is 0.377. The fraction of sp³-hybridized carbons (Fsp3) is 0.0526. The van der Waals surface area contributed by atoms with E-state index in [1.54, 1.807) is 36.5 Å². The summed E-state index contributed by atoms with van der Waals surface area (Å²) in [5, 5.41) is 1.21. The first kappa shape index (κ1) is 17.3. The molecule has 0 amide bonds. The van der Waals surface area contributed by atoms with Gasteiger partial charge in [-0.15, -0.1) is 0 Å². The lowest BCUT2D eigenvalue weighted by Gasteiger charge is -2.10. The maximum absolute atomic E-state index is 13.2. The molecule has 0 aliphatic heterocycles. The Hall–Kier alpha value is -2.14.